The third-order valence-electron chi connectivity index (χ3n) is 4.71. The van der Waals surface area contributed by atoms with Crippen LogP contribution in [-0.2, 0) is 0 Å². The SMILES string of the molecule is CC1(Cl)[C@@H]2CC3C[C@H]1CC(F)(C3)C2. The van der Waals surface area contributed by atoms with Crippen molar-refractivity contribution in [3.63, 3.8) is 0 Å². The first-order valence-corrected chi connectivity index (χ1v) is 5.75. The zero-order chi connectivity index (χ0) is 9.27. The zero-order valence-electron chi connectivity index (χ0n) is 8.02. The quantitative estimate of drug-likeness (QED) is 0.528. The van der Waals surface area contributed by atoms with Gasteiger partial charge in [0.25, 0.3) is 0 Å². The van der Waals surface area contributed by atoms with Gasteiger partial charge in [0.1, 0.15) is 5.67 Å². The second kappa shape index (κ2) is 2.24. The van der Waals surface area contributed by atoms with Gasteiger partial charge in [-0.05, 0) is 56.8 Å². The standard InChI is InChI=1S/C11H16ClF/c1-10(12)8-2-7-3-9(10)6-11(13,4-7)5-8/h7-9H,2-6H2,1H3/t7?,8-,9+,10?,11?. The van der Waals surface area contributed by atoms with Crippen LogP contribution in [0.1, 0.15) is 39.0 Å². The van der Waals surface area contributed by atoms with Crippen molar-refractivity contribution in [1.29, 1.82) is 0 Å². The van der Waals surface area contributed by atoms with Gasteiger partial charge in [-0.1, -0.05) is 0 Å². The molecule has 0 amide bonds. The highest BCUT2D eigenvalue weighted by Gasteiger charge is 2.60. The molecule has 0 nitrogen and oxygen atoms in total. The number of hydrogen-bond acceptors (Lipinski definition) is 0. The summed E-state index contributed by atoms with van der Waals surface area (Å²) in [6.45, 7) is 2.13. The van der Waals surface area contributed by atoms with Gasteiger partial charge in [-0.15, -0.1) is 11.6 Å². The molecular formula is C11H16ClF. The molecule has 74 valence electrons. The highest BCUT2D eigenvalue weighted by molar-refractivity contribution is 6.24. The average Bonchev–Trinajstić information content (AvgIpc) is 1.97. The molecular weight excluding hydrogens is 187 g/mol. The van der Waals surface area contributed by atoms with Crippen molar-refractivity contribution in [3.8, 4) is 0 Å². The maximum absolute atomic E-state index is 14.2. The van der Waals surface area contributed by atoms with Gasteiger partial charge in [0.15, 0.2) is 0 Å². The van der Waals surface area contributed by atoms with E-state index < -0.39 is 5.67 Å². The lowest BCUT2D eigenvalue weighted by molar-refractivity contribution is -0.0935. The maximum atomic E-state index is 14.2. The molecule has 4 rings (SSSR count). The summed E-state index contributed by atoms with van der Waals surface area (Å²) in [4.78, 5) is -0.0908. The predicted molar refractivity (Wildman–Crippen MR) is 51.7 cm³/mol. The third kappa shape index (κ3) is 1.03. The average molecular weight is 203 g/mol. The van der Waals surface area contributed by atoms with Gasteiger partial charge in [-0.3, -0.25) is 0 Å². The van der Waals surface area contributed by atoms with E-state index in [1.807, 2.05) is 0 Å². The van der Waals surface area contributed by atoms with Crippen LogP contribution in [0, 0.1) is 17.8 Å². The van der Waals surface area contributed by atoms with E-state index in [1.54, 1.807) is 0 Å². The Bertz CT molecular complexity index is 230. The van der Waals surface area contributed by atoms with E-state index in [0.29, 0.717) is 17.8 Å². The first-order valence-electron chi connectivity index (χ1n) is 5.37. The Hall–Kier alpha value is 0.220. The molecule has 0 aromatic heterocycles. The molecule has 4 fully saturated rings. The Kier molecular flexibility index (Phi) is 1.47. The van der Waals surface area contributed by atoms with E-state index in [2.05, 4.69) is 6.92 Å². The van der Waals surface area contributed by atoms with E-state index in [1.165, 1.54) is 12.8 Å². The molecule has 4 bridgehead atoms. The predicted octanol–water partition coefficient (Wildman–Crippen LogP) is 3.53. The normalized spacial score (nSPS) is 64.4. The lowest BCUT2D eigenvalue weighted by atomic mass is 9.51. The molecule has 4 saturated carbocycles. The summed E-state index contributed by atoms with van der Waals surface area (Å²) in [5.74, 6) is 1.55. The van der Waals surface area contributed by atoms with Gasteiger partial charge in [-0.25, -0.2) is 4.39 Å². The molecule has 13 heavy (non-hydrogen) atoms. The number of hydrogen-bond donors (Lipinski definition) is 0. The summed E-state index contributed by atoms with van der Waals surface area (Å²) in [6, 6.07) is 0. The van der Waals surface area contributed by atoms with E-state index in [-0.39, 0.29) is 4.87 Å². The minimum atomic E-state index is -0.828. The Morgan fingerprint density at radius 3 is 2.15 bits per heavy atom. The summed E-state index contributed by atoms with van der Waals surface area (Å²) in [5.41, 5.74) is -0.828. The van der Waals surface area contributed by atoms with E-state index in [4.69, 9.17) is 11.6 Å². The number of rotatable bonds is 0. The summed E-state index contributed by atoms with van der Waals surface area (Å²) in [6.07, 6.45) is 4.66. The molecule has 5 atom stereocenters. The van der Waals surface area contributed by atoms with Crippen LogP contribution in [0.5, 0.6) is 0 Å². The minimum Gasteiger partial charge on any atom is -0.244 e. The summed E-state index contributed by atoms with van der Waals surface area (Å²) < 4.78 is 14.2. The van der Waals surface area contributed by atoms with Crippen LogP contribution < -0.4 is 0 Å². The smallest absolute Gasteiger partial charge is 0.112 e. The van der Waals surface area contributed by atoms with Crippen molar-refractivity contribution in [3.05, 3.63) is 0 Å². The fourth-order valence-electron chi connectivity index (χ4n) is 4.08. The molecule has 4 aliphatic rings. The van der Waals surface area contributed by atoms with Crippen LogP contribution in [-0.4, -0.2) is 10.5 Å². The minimum absolute atomic E-state index is 0.0908. The number of alkyl halides is 2. The van der Waals surface area contributed by atoms with Gasteiger partial charge >= 0.3 is 0 Å². The Labute approximate surface area is 83.8 Å². The Balaban J connectivity index is 1.99. The van der Waals surface area contributed by atoms with Crippen LogP contribution in [0.4, 0.5) is 4.39 Å². The molecule has 0 radical (unpaired) electrons. The second-order valence-corrected chi connectivity index (χ2v) is 6.46. The molecule has 0 heterocycles. The topological polar surface area (TPSA) is 0 Å². The van der Waals surface area contributed by atoms with Crippen LogP contribution >= 0.6 is 11.6 Å². The number of halogens is 2. The van der Waals surface area contributed by atoms with Gasteiger partial charge in [0, 0.05) is 4.87 Å². The van der Waals surface area contributed by atoms with Gasteiger partial charge in [0.05, 0.1) is 0 Å². The van der Waals surface area contributed by atoms with Crippen LogP contribution in [0.3, 0.4) is 0 Å². The first kappa shape index (κ1) is 8.52. The van der Waals surface area contributed by atoms with Crippen LogP contribution in [0.15, 0.2) is 0 Å². The van der Waals surface area contributed by atoms with Crippen molar-refractivity contribution >= 4 is 11.6 Å². The van der Waals surface area contributed by atoms with Crippen molar-refractivity contribution < 1.29 is 4.39 Å². The largest absolute Gasteiger partial charge is 0.244 e. The van der Waals surface area contributed by atoms with Crippen molar-refractivity contribution in [2.24, 2.45) is 17.8 Å². The fraction of sp³-hybridized carbons (Fsp3) is 1.00. The zero-order valence-corrected chi connectivity index (χ0v) is 8.78. The van der Waals surface area contributed by atoms with Gasteiger partial charge in [0.2, 0.25) is 0 Å². The van der Waals surface area contributed by atoms with Crippen molar-refractivity contribution in [2.45, 2.75) is 49.6 Å². The monoisotopic (exact) mass is 202 g/mol. The molecule has 0 spiro atoms. The van der Waals surface area contributed by atoms with E-state index >= 15 is 0 Å². The molecule has 3 unspecified atom stereocenters. The molecule has 0 aromatic rings. The molecule has 4 aliphatic carbocycles. The van der Waals surface area contributed by atoms with Crippen molar-refractivity contribution in [1.82, 2.24) is 0 Å². The highest BCUT2D eigenvalue weighted by atomic mass is 35.5. The van der Waals surface area contributed by atoms with Crippen LogP contribution in [0.2, 0.25) is 0 Å². The van der Waals surface area contributed by atoms with Crippen molar-refractivity contribution in [2.75, 3.05) is 0 Å². The maximum Gasteiger partial charge on any atom is 0.112 e. The molecule has 0 saturated heterocycles. The van der Waals surface area contributed by atoms with Crippen LogP contribution in [0.25, 0.3) is 0 Å². The molecule has 0 aromatic carbocycles. The molecule has 0 N–H and O–H groups in total. The Morgan fingerprint density at radius 1 is 1.15 bits per heavy atom. The lowest BCUT2D eigenvalue weighted by Gasteiger charge is -2.59. The molecule has 2 heteroatoms. The summed E-state index contributed by atoms with van der Waals surface area (Å²) in [5, 5.41) is 0. The summed E-state index contributed by atoms with van der Waals surface area (Å²) in [7, 11) is 0. The fourth-order valence-corrected chi connectivity index (χ4v) is 4.41. The highest BCUT2D eigenvalue weighted by Crippen LogP contribution is 2.63. The first-order chi connectivity index (χ1) is 6.00. The van der Waals surface area contributed by atoms with E-state index in [0.717, 1.165) is 19.3 Å². The summed E-state index contributed by atoms with van der Waals surface area (Å²) >= 11 is 6.52. The lowest BCUT2D eigenvalue weighted by Crippen LogP contribution is -2.58. The molecule has 0 aliphatic heterocycles. The van der Waals surface area contributed by atoms with E-state index in [9.17, 15) is 4.39 Å². The third-order valence-corrected chi connectivity index (χ3v) is 5.33. The Morgan fingerprint density at radius 2 is 1.69 bits per heavy atom. The second-order valence-electron chi connectivity index (χ2n) is 5.65. The van der Waals surface area contributed by atoms with Gasteiger partial charge in [-0.2, -0.15) is 0 Å². The van der Waals surface area contributed by atoms with Gasteiger partial charge < -0.3 is 0 Å².